The normalized spacial score (nSPS) is 13.4. The smallest absolute Gasteiger partial charge is 0.255 e. The van der Waals surface area contributed by atoms with E-state index in [0.717, 1.165) is 0 Å². The van der Waals surface area contributed by atoms with Crippen molar-refractivity contribution in [2.45, 2.75) is 32.4 Å². The molecule has 3 aromatic rings. The van der Waals surface area contributed by atoms with Crippen molar-refractivity contribution < 1.29 is 14.0 Å². The van der Waals surface area contributed by atoms with E-state index in [-0.39, 0.29) is 25.2 Å². The van der Waals surface area contributed by atoms with Gasteiger partial charge in [-0.15, -0.1) is 0 Å². The second-order valence-corrected chi connectivity index (χ2v) is 7.51. The molecule has 0 bridgehead atoms. The van der Waals surface area contributed by atoms with Crippen molar-refractivity contribution in [3.63, 3.8) is 0 Å². The van der Waals surface area contributed by atoms with Crippen molar-refractivity contribution in [1.29, 1.82) is 0 Å². The lowest BCUT2D eigenvalue weighted by molar-refractivity contribution is -0.124. The predicted molar refractivity (Wildman–Crippen MR) is 119 cm³/mol. The summed E-state index contributed by atoms with van der Waals surface area (Å²) < 4.78 is 14.5. The van der Waals surface area contributed by atoms with Crippen LogP contribution in [0.4, 0.5) is 15.8 Å². The summed E-state index contributed by atoms with van der Waals surface area (Å²) in [5, 5.41) is 8.85. The molecule has 32 heavy (non-hydrogen) atoms. The van der Waals surface area contributed by atoms with E-state index >= 15 is 0 Å². The van der Waals surface area contributed by atoms with Gasteiger partial charge in [0.05, 0.1) is 40.4 Å². The molecule has 2 amide bonds. The number of hydrogen-bond acceptors (Lipinski definition) is 6. The van der Waals surface area contributed by atoms with Gasteiger partial charge in [-0.2, -0.15) is 0 Å². The Morgan fingerprint density at radius 1 is 1.12 bits per heavy atom. The molecule has 8 nitrogen and oxygen atoms in total. The highest BCUT2D eigenvalue weighted by atomic mass is 35.5. The molecule has 0 unspecified atom stereocenters. The number of halogens is 2. The highest BCUT2D eigenvalue weighted by Crippen LogP contribution is 2.36. The lowest BCUT2D eigenvalue weighted by Crippen LogP contribution is -2.48. The largest absolute Gasteiger partial charge is 0.353 e. The van der Waals surface area contributed by atoms with Gasteiger partial charge in [-0.05, 0) is 25.0 Å². The van der Waals surface area contributed by atoms with Crippen LogP contribution in [-0.4, -0.2) is 32.3 Å². The topological polar surface area (TPSA) is 109 Å². The quantitative estimate of drug-likeness (QED) is 0.501. The van der Waals surface area contributed by atoms with E-state index in [9.17, 15) is 14.0 Å². The van der Waals surface area contributed by atoms with Gasteiger partial charge in [-0.3, -0.25) is 14.6 Å². The van der Waals surface area contributed by atoms with E-state index < -0.39 is 23.2 Å². The van der Waals surface area contributed by atoms with Crippen LogP contribution in [0.1, 0.15) is 36.3 Å². The number of nitrogens with zero attached hydrogens (tertiary/aromatic N) is 3. The molecule has 0 radical (unpaired) electrons. The third-order valence-corrected chi connectivity index (χ3v) is 5.18. The van der Waals surface area contributed by atoms with E-state index in [1.165, 1.54) is 31.0 Å². The number of nitrogens with one attached hydrogen (secondary N) is 3. The highest BCUT2D eigenvalue weighted by molar-refractivity contribution is 6.33. The summed E-state index contributed by atoms with van der Waals surface area (Å²) in [7, 11) is 0. The van der Waals surface area contributed by atoms with Gasteiger partial charge >= 0.3 is 0 Å². The van der Waals surface area contributed by atoms with Crippen LogP contribution in [0.25, 0.3) is 0 Å². The average molecular weight is 457 g/mol. The number of anilines is 2. The molecule has 1 aliphatic rings. The first-order valence-corrected chi connectivity index (χ1v) is 9.86. The van der Waals surface area contributed by atoms with Crippen molar-refractivity contribution in [3.05, 3.63) is 77.3 Å². The van der Waals surface area contributed by atoms with Crippen molar-refractivity contribution in [2.75, 3.05) is 5.32 Å². The molecular formula is C22H22ClFN6O2. The van der Waals surface area contributed by atoms with E-state index in [1.54, 1.807) is 24.3 Å². The number of carbonyl (C=O) groups excluding carboxylic acids is 2. The first-order valence-electron chi connectivity index (χ1n) is 9.49. The van der Waals surface area contributed by atoms with Crippen molar-refractivity contribution in [1.82, 2.24) is 25.6 Å². The van der Waals surface area contributed by atoms with Gasteiger partial charge in [0.2, 0.25) is 5.91 Å². The zero-order valence-corrected chi connectivity index (χ0v) is 17.0. The van der Waals surface area contributed by atoms with Gasteiger partial charge in [-0.25, -0.2) is 14.4 Å². The minimum absolute atomic E-state index is 0. The summed E-state index contributed by atoms with van der Waals surface area (Å²) in [6, 6.07) is 8.36. The summed E-state index contributed by atoms with van der Waals surface area (Å²) in [6.07, 6.45) is 6.50. The SMILES string of the molecule is C.O=C(NC1(C(=O)NCc2ncc(Nc3ccccc3Cl)cc2F)CC1)c1cncnc1. The Hall–Kier alpha value is -3.59. The van der Waals surface area contributed by atoms with Crippen LogP contribution in [0.2, 0.25) is 5.02 Å². The fourth-order valence-corrected chi connectivity index (χ4v) is 3.14. The Balaban J connectivity index is 0.00000289. The Morgan fingerprint density at radius 2 is 1.84 bits per heavy atom. The molecule has 166 valence electrons. The summed E-state index contributed by atoms with van der Waals surface area (Å²) >= 11 is 6.09. The Bertz CT molecular complexity index is 1120. The molecule has 1 aromatic carbocycles. The fourth-order valence-electron chi connectivity index (χ4n) is 2.96. The van der Waals surface area contributed by atoms with Gasteiger partial charge in [-0.1, -0.05) is 31.2 Å². The number of hydrogen-bond donors (Lipinski definition) is 3. The van der Waals surface area contributed by atoms with Gasteiger partial charge in [0.25, 0.3) is 5.91 Å². The molecule has 2 heterocycles. The standard InChI is InChI=1S/C21H18ClFN6O2.CH4/c22-15-3-1-2-4-17(15)28-14-7-16(23)18(26-10-14)11-27-20(31)21(5-6-21)29-19(30)13-8-24-12-25-9-13;/h1-4,7-10,12,28H,5-6,11H2,(H,27,31)(H,29,30);1H4. The number of rotatable bonds is 7. The van der Waals surface area contributed by atoms with Crippen LogP contribution in [0.3, 0.4) is 0 Å². The lowest BCUT2D eigenvalue weighted by Gasteiger charge is -2.17. The van der Waals surface area contributed by atoms with Crippen LogP contribution >= 0.6 is 11.6 Å². The Labute approximate surface area is 189 Å². The van der Waals surface area contributed by atoms with Crippen molar-refractivity contribution >= 4 is 34.8 Å². The second-order valence-electron chi connectivity index (χ2n) is 7.10. The summed E-state index contributed by atoms with van der Waals surface area (Å²) in [5.74, 6) is -1.41. The fraction of sp³-hybridized carbons (Fsp3) is 0.227. The molecule has 0 saturated heterocycles. The lowest BCUT2D eigenvalue weighted by atomic mass is 10.2. The molecule has 1 saturated carbocycles. The molecule has 4 rings (SSSR count). The number of amides is 2. The van der Waals surface area contributed by atoms with Crippen LogP contribution < -0.4 is 16.0 Å². The zero-order chi connectivity index (χ0) is 21.8. The molecule has 1 aliphatic carbocycles. The molecule has 2 aromatic heterocycles. The maximum atomic E-state index is 14.5. The van der Waals surface area contributed by atoms with Gasteiger partial charge < -0.3 is 16.0 Å². The van der Waals surface area contributed by atoms with Crippen LogP contribution in [0.5, 0.6) is 0 Å². The Morgan fingerprint density at radius 3 is 2.50 bits per heavy atom. The third-order valence-electron chi connectivity index (χ3n) is 4.85. The third kappa shape index (κ3) is 5.17. The van der Waals surface area contributed by atoms with Gasteiger partial charge in [0.15, 0.2) is 0 Å². The van der Waals surface area contributed by atoms with E-state index in [0.29, 0.717) is 29.2 Å². The van der Waals surface area contributed by atoms with E-state index in [2.05, 4.69) is 30.9 Å². The molecule has 1 fully saturated rings. The van der Waals surface area contributed by atoms with Crippen LogP contribution in [0.15, 0.2) is 55.2 Å². The van der Waals surface area contributed by atoms with Crippen LogP contribution in [0, 0.1) is 5.82 Å². The minimum atomic E-state index is -1.01. The van der Waals surface area contributed by atoms with Gasteiger partial charge in [0, 0.05) is 18.5 Å². The predicted octanol–water partition coefficient (Wildman–Crippen LogP) is 3.62. The van der Waals surface area contributed by atoms with E-state index in [4.69, 9.17) is 11.6 Å². The number of benzene rings is 1. The second kappa shape index (κ2) is 9.69. The minimum Gasteiger partial charge on any atom is -0.353 e. The first kappa shape index (κ1) is 23.1. The van der Waals surface area contributed by atoms with Crippen molar-refractivity contribution in [3.8, 4) is 0 Å². The maximum Gasteiger partial charge on any atom is 0.255 e. The maximum absolute atomic E-state index is 14.5. The summed E-state index contributed by atoms with van der Waals surface area (Å²) in [4.78, 5) is 36.5. The monoisotopic (exact) mass is 456 g/mol. The number of carbonyl (C=O) groups is 2. The summed E-state index contributed by atoms with van der Waals surface area (Å²) in [5.41, 5.74) is 0.389. The Kier molecular flexibility index (Phi) is 6.99. The number of aromatic nitrogens is 3. The molecular weight excluding hydrogens is 435 g/mol. The van der Waals surface area contributed by atoms with E-state index in [1.807, 2.05) is 0 Å². The zero-order valence-electron chi connectivity index (χ0n) is 16.2. The molecule has 3 N–H and O–H groups in total. The molecule has 10 heteroatoms. The highest BCUT2D eigenvalue weighted by Gasteiger charge is 2.51. The number of pyridine rings is 1. The molecule has 0 aliphatic heterocycles. The summed E-state index contributed by atoms with van der Waals surface area (Å²) in [6.45, 7) is -0.108. The molecule has 0 spiro atoms. The number of para-hydroxylation sites is 1. The van der Waals surface area contributed by atoms with Crippen molar-refractivity contribution in [2.24, 2.45) is 0 Å². The average Bonchev–Trinajstić information content (AvgIpc) is 3.56. The molecule has 0 atom stereocenters. The van der Waals surface area contributed by atoms with Crippen LogP contribution in [-0.2, 0) is 11.3 Å². The van der Waals surface area contributed by atoms with Gasteiger partial charge in [0.1, 0.15) is 17.7 Å². The first-order chi connectivity index (χ1) is 15.0.